The highest BCUT2D eigenvalue weighted by atomic mass is 35.5. The van der Waals surface area contributed by atoms with Gasteiger partial charge in [0.05, 0.1) is 23.2 Å². The maximum Gasteiger partial charge on any atom is 0.338 e. The Bertz CT molecular complexity index is 1000. The van der Waals surface area contributed by atoms with Crippen molar-refractivity contribution in [2.24, 2.45) is 0 Å². The van der Waals surface area contributed by atoms with E-state index in [2.05, 4.69) is 4.57 Å². The number of fused-ring (bicyclic) bond motifs is 1. The SMILES string of the molecule is CCOCCCn1c(SCc2c(F)cccc2Cl)nc2cc(C(=O)OCC)ccc21. The minimum Gasteiger partial charge on any atom is -0.462 e. The Morgan fingerprint density at radius 2 is 2.07 bits per heavy atom. The van der Waals surface area contributed by atoms with Crippen LogP contribution in [0.3, 0.4) is 0 Å². The molecule has 0 saturated carbocycles. The molecule has 0 aliphatic carbocycles. The van der Waals surface area contributed by atoms with E-state index in [1.807, 2.05) is 13.0 Å². The lowest BCUT2D eigenvalue weighted by Gasteiger charge is -2.10. The average Bonchev–Trinajstić information content (AvgIpc) is 3.07. The van der Waals surface area contributed by atoms with Gasteiger partial charge < -0.3 is 14.0 Å². The number of benzene rings is 2. The number of ether oxygens (including phenoxy) is 2. The van der Waals surface area contributed by atoms with Crippen molar-refractivity contribution >= 4 is 40.4 Å². The molecule has 0 amide bonds. The third-order valence-electron chi connectivity index (χ3n) is 4.51. The Balaban J connectivity index is 1.90. The zero-order valence-electron chi connectivity index (χ0n) is 17.0. The number of halogens is 2. The smallest absolute Gasteiger partial charge is 0.338 e. The molecule has 160 valence electrons. The van der Waals surface area contributed by atoms with Gasteiger partial charge in [-0.2, -0.15) is 0 Å². The van der Waals surface area contributed by atoms with E-state index in [4.69, 9.17) is 26.1 Å². The molecule has 5 nitrogen and oxygen atoms in total. The van der Waals surface area contributed by atoms with Crippen LogP contribution in [0.2, 0.25) is 5.02 Å². The Kier molecular flexibility index (Phi) is 8.13. The van der Waals surface area contributed by atoms with Crippen LogP contribution in [0, 0.1) is 5.82 Å². The van der Waals surface area contributed by atoms with Crippen molar-refractivity contribution < 1.29 is 18.7 Å². The van der Waals surface area contributed by atoms with Gasteiger partial charge in [-0.1, -0.05) is 29.4 Å². The molecule has 0 unspecified atom stereocenters. The first kappa shape index (κ1) is 22.6. The molecule has 30 heavy (non-hydrogen) atoms. The van der Waals surface area contributed by atoms with E-state index in [1.165, 1.54) is 17.8 Å². The monoisotopic (exact) mass is 450 g/mol. The molecule has 3 rings (SSSR count). The molecular formula is C22H24ClFN2O3S. The van der Waals surface area contributed by atoms with Gasteiger partial charge in [-0.25, -0.2) is 14.2 Å². The number of carbonyl (C=O) groups excluding carboxylic acids is 1. The summed E-state index contributed by atoms with van der Waals surface area (Å²) in [6.07, 6.45) is 0.812. The fourth-order valence-electron chi connectivity index (χ4n) is 3.05. The molecular weight excluding hydrogens is 427 g/mol. The van der Waals surface area contributed by atoms with Crippen molar-refractivity contribution in [3.05, 3.63) is 58.4 Å². The van der Waals surface area contributed by atoms with Crippen LogP contribution < -0.4 is 0 Å². The summed E-state index contributed by atoms with van der Waals surface area (Å²) in [6.45, 7) is 6.05. The summed E-state index contributed by atoms with van der Waals surface area (Å²) in [5.41, 5.74) is 2.50. The van der Waals surface area contributed by atoms with Crippen molar-refractivity contribution in [3.63, 3.8) is 0 Å². The van der Waals surface area contributed by atoms with Gasteiger partial charge in [0.1, 0.15) is 5.82 Å². The highest BCUT2D eigenvalue weighted by Crippen LogP contribution is 2.31. The molecule has 0 aliphatic heterocycles. The van der Waals surface area contributed by atoms with Gasteiger partial charge in [-0.05, 0) is 50.6 Å². The standard InChI is InChI=1S/C22H24ClFN2O3S/c1-3-28-12-6-11-26-20-10-9-15(21(27)29-4-2)13-19(20)25-22(26)30-14-16-17(23)7-5-8-18(16)24/h5,7-10,13H,3-4,6,11-12,14H2,1-2H3. The maximum absolute atomic E-state index is 14.2. The van der Waals surface area contributed by atoms with E-state index in [1.54, 1.807) is 31.2 Å². The Labute approximate surface area is 184 Å². The quantitative estimate of drug-likeness (QED) is 0.224. The number of thioether (sulfide) groups is 1. The molecule has 3 aromatic rings. The van der Waals surface area contributed by atoms with E-state index >= 15 is 0 Å². The zero-order valence-corrected chi connectivity index (χ0v) is 18.6. The van der Waals surface area contributed by atoms with Crippen LogP contribution in [0.4, 0.5) is 4.39 Å². The van der Waals surface area contributed by atoms with Crippen LogP contribution in [0.5, 0.6) is 0 Å². The number of imidazole rings is 1. The summed E-state index contributed by atoms with van der Waals surface area (Å²) in [6, 6.07) is 10.0. The van der Waals surface area contributed by atoms with Gasteiger partial charge in [0.25, 0.3) is 0 Å². The largest absolute Gasteiger partial charge is 0.462 e. The molecule has 0 radical (unpaired) electrons. The Morgan fingerprint density at radius 3 is 2.80 bits per heavy atom. The molecule has 0 fully saturated rings. The van der Waals surface area contributed by atoms with Gasteiger partial charge >= 0.3 is 5.97 Å². The maximum atomic E-state index is 14.2. The van der Waals surface area contributed by atoms with E-state index in [-0.39, 0.29) is 11.8 Å². The van der Waals surface area contributed by atoms with Crippen LogP contribution in [-0.4, -0.2) is 35.3 Å². The number of aryl methyl sites for hydroxylation is 1. The molecule has 1 aromatic heterocycles. The van der Waals surface area contributed by atoms with Crippen LogP contribution in [0.25, 0.3) is 11.0 Å². The second-order valence-corrected chi connectivity index (χ2v) is 7.86. The highest BCUT2D eigenvalue weighted by Gasteiger charge is 2.16. The number of hydrogen-bond donors (Lipinski definition) is 0. The zero-order chi connectivity index (χ0) is 21.5. The fourth-order valence-corrected chi connectivity index (χ4v) is 4.44. The number of rotatable bonds is 10. The van der Waals surface area contributed by atoms with Crippen LogP contribution in [0.1, 0.15) is 36.2 Å². The van der Waals surface area contributed by atoms with Gasteiger partial charge in [-0.3, -0.25) is 0 Å². The van der Waals surface area contributed by atoms with E-state index in [0.29, 0.717) is 53.8 Å². The molecule has 0 bridgehead atoms. The number of hydrogen-bond acceptors (Lipinski definition) is 5. The number of esters is 1. The predicted molar refractivity (Wildman–Crippen MR) is 118 cm³/mol. The summed E-state index contributed by atoms with van der Waals surface area (Å²) >= 11 is 7.58. The third kappa shape index (κ3) is 5.33. The summed E-state index contributed by atoms with van der Waals surface area (Å²) < 4.78 is 26.8. The molecule has 1 heterocycles. The van der Waals surface area contributed by atoms with Gasteiger partial charge in [0.2, 0.25) is 0 Å². The first-order valence-electron chi connectivity index (χ1n) is 9.86. The average molecular weight is 451 g/mol. The molecule has 0 spiro atoms. The van der Waals surface area contributed by atoms with Crippen LogP contribution in [-0.2, 0) is 21.8 Å². The van der Waals surface area contributed by atoms with Gasteiger partial charge in [-0.15, -0.1) is 0 Å². The van der Waals surface area contributed by atoms with Crippen LogP contribution >= 0.6 is 23.4 Å². The number of nitrogens with zero attached hydrogens (tertiary/aromatic N) is 2. The topological polar surface area (TPSA) is 53.4 Å². The molecule has 8 heteroatoms. The lowest BCUT2D eigenvalue weighted by molar-refractivity contribution is 0.0526. The highest BCUT2D eigenvalue weighted by molar-refractivity contribution is 7.98. The molecule has 0 saturated heterocycles. The van der Waals surface area contributed by atoms with E-state index < -0.39 is 0 Å². The molecule has 0 aliphatic rings. The summed E-state index contributed by atoms with van der Waals surface area (Å²) in [5.74, 6) is -0.360. The molecule has 2 aromatic carbocycles. The van der Waals surface area contributed by atoms with Crippen molar-refractivity contribution in [2.45, 2.75) is 37.7 Å². The second-order valence-electron chi connectivity index (χ2n) is 6.51. The normalized spacial score (nSPS) is 11.2. The minimum atomic E-state index is -0.377. The lowest BCUT2D eigenvalue weighted by atomic mass is 10.2. The van der Waals surface area contributed by atoms with E-state index in [0.717, 1.165) is 17.1 Å². The number of aromatic nitrogens is 2. The first-order valence-corrected chi connectivity index (χ1v) is 11.2. The third-order valence-corrected chi connectivity index (χ3v) is 5.86. The van der Waals surface area contributed by atoms with Gasteiger partial charge in [0, 0.05) is 36.1 Å². The van der Waals surface area contributed by atoms with E-state index in [9.17, 15) is 9.18 Å². The molecule has 0 N–H and O–H groups in total. The summed E-state index contributed by atoms with van der Waals surface area (Å²) in [7, 11) is 0. The summed E-state index contributed by atoms with van der Waals surface area (Å²) in [5, 5.41) is 1.13. The number of carbonyl (C=O) groups is 1. The van der Waals surface area contributed by atoms with Crippen molar-refractivity contribution in [3.8, 4) is 0 Å². The Morgan fingerprint density at radius 1 is 1.23 bits per heavy atom. The summed E-state index contributed by atoms with van der Waals surface area (Å²) in [4.78, 5) is 16.8. The molecule has 0 atom stereocenters. The van der Waals surface area contributed by atoms with Crippen molar-refractivity contribution in [1.82, 2.24) is 9.55 Å². The van der Waals surface area contributed by atoms with Gasteiger partial charge in [0.15, 0.2) is 5.16 Å². The first-order chi connectivity index (χ1) is 14.5. The minimum absolute atomic E-state index is 0.313. The second kappa shape index (κ2) is 10.8. The predicted octanol–water partition coefficient (Wildman–Crippen LogP) is 5.72. The fraction of sp³-hybridized carbons (Fsp3) is 0.364. The van der Waals surface area contributed by atoms with Crippen LogP contribution in [0.15, 0.2) is 41.6 Å². The van der Waals surface area contributed by atoms with Crippen molar-refractivity contribution in [2.75, 3.05) is 19.8 Å². The lowest BCUT2D eigenvalue weighted by Crippen LogP contribution is -2.05. The van der Waals surface area contributed by atoms with Crippen molar-refractivity contribution in [1.29, 1.82) is 0 Å². The Hall–Kier alpha value is -2.09.